The van der Waals surface area contributed by atoms with Crippen LogP contribution in [0.5, 0.6) is 0 Å². The topological polar surface area (TPSA) is 31.2 Å². The predicted molar refractivity (Wildman–Crippen MR) is 89.6 cm³/mol. The van der Waals surface area contributed by atoms with E-state index in [1.165, 1.54) is 0 Å². The standard InChI is InChI=1S/C16H21NO2.C2H6/c1-6-7-8-13-14-12(3)19-16(4,5)10-17(14)9-11(2)15(13)18;1-2/h6-9H,10H2,1-5H3;1-2H3/b7-6-,13-8+;. The molecule has 1 aromatic heterocycles. The van der Waals surface area contributed by atoms with Crippen LogP contribution in [-0.4, -0.2) is 10.2 Å². The molecule has 3 nitrogen and oxygen atoms in total. The Balaban J connectivity index is 0.00000106. The molecule has 0 spiro atoms. The molecule has 0 saturated heterocycles. The van der Waals surface area contributed by atoms with Crippen LogP contribution in [0.1, 0.15) is 47.1 Å². The first-order valence-corrected chi connectivity index (χ1v) is 7.59. The summed E-state index contributed by atoms with van der Waals surface area (Å²) in [6.45, 7) is 14.6. The molecular weight excluding hydrogens is 262 g/mol. The summed E-state index contributed by atoms with van der Waals surface area (Å²) in [6.07, 6.45) is 7.61. The number of hydrogen-bond donors (Lipinski definition) is 0. The van der Waals surface area contributed by atoms with Gasteiger partial charge in [0.25, 0.3) is 0 Å². The molecule has 0 radical (unpaired) electrons. The summed E-state index contributed by atoms with van der Waals surface area (Å²) in [4.78, 5) is 12.3. The molecule has 0 aromatic carbocycles. The molecule has 3 heteroatoms. The molecule has 1 aliphatic heterocycles. The van der Waals surface area contributed by atoms with Crippen LogP contribution in [0.3, 0.4) is 0 Å². The number of allylic oxidation sites excluding steroid dienone is 2. The fraction of sp³-hybridized carbons (Fsp3) is 0.500. The number of nitrogens with zero attached hydrogens (tertiary/aromatic N) is 1. The third kappa shape index (κ3) is 3.66. The van der Waals surface area contributed by atoms with Crippen LogP contribution in [0.4, 0.5) is 0 Å². The maximum atomic E-state index is 12.3. The van der Waals surface area contributed by atoms with E-state index in [9.17, 15) is 4.79 Å². The van der Waals surface area contributed by atoms with Crippen LogP contribution >= 0.6 is 0 Å². The van der Waals surface area contributed by atoms with Gasteiger partial charge in [-0.3, -0.25) is 4.79 Å². The average Bonchev–Trinajstić information content (AvgIpc) is 2.41. The Hall–Kier alpha value is -1.77. The van der Waals surface area contributed by atoms with Crippen molar-refractivity contribution >= 4 is 11.8 Å². The fourth-order valence-electron chi connectivity index (χ4n) is 2.60. The van der Waals surface area contributed by atoms with Crippen molar-refractivity contribution in [1.29, 1.82) is 0 Å². The van der Waals surface area contributed by atoms with Crippen molar-refractivity contribution < 1.29 is 4.74 Å². The first kappa shape index (κ1) is 17.3. The Labute approximate surface area is 127 Å². The third-order valence-electron chi connectivity index (χ3n) is 3.26. The molecule has 0 N–H and O–H groups in total. The summed E-state index contributed by atoms with van der Waals surface area (Å²) < 4.78 is 8.06. The first-order valence-electron chi connectivity index (χ1n) is 7.59. The molecular formula is C18H27NO2. The zero-order valence-electron chi connectivity index (χ0n) is 14.3. The first-order chi connectivity index (χ1) is 9.85. The van der Waals surface area contributed by atoms with Gasteiger partial charge in [-0.15, -0.1) is 0 Å². The third-order valence-corrected chi connectivity index (χ3v) is 3.26. The summed E-state index contributed by atoms with van der Waals surface area (Å²) in [6, 6.07) is 0. The Kier molecular flexibility index (Phi) is 5.59. The summed E-state index contributed by atoms with van der Waals surface area (Å²) in [5, 5.41) is 1.61. The highest BCUT2D eigenvalue weighted by atomic mass is 16.5. The van der Waals surface area contributed by atoms with Crippen molar-refractivity contribution in [3.63, 3.8) is 0 Å². The molecule has 0 saturated carbocycles. The lowest BCUT2D eigenvalue weighted by molar-refractivity contribution is 0.0410. The smallest absolute Gasteiger partial charge is 0.192 e. The maximum Gasteiger partial charge on any atom is 0.192 e. The maximum absolute atomic E-state index is 12.3. The fourth-order valence-corrected chi connectivity index (χ4v) is 2.60. The van der Waals surface area contributed by atoms with Gasteiger partial charge in [-0.05, 0) is 40.7 Å². The van der Waals surface area contributed by atoms with Gasteiger partial charge in [-0.2, -0.15) is 0 Å². The van der Waals surface area contributed by atoms with E-state index in [0.29, 0.717) is 5.22 Å². The largest absolute Gasteiger partial charge is 0.488 e. The normalized spacial score (nSPS) is 17.1. The molecule has 0 atom stereocenters. The molecule has 1 aliphatic rings. The van der Waals surface area contributed by atoms with Crippen molar-refractivity contribution in [3.05, 3.63) is 44.7 Å². The Bertz CT molecular complexity index is 706. The van der Waals surface area contributed by atoms with Crippen LogP contribution in [-0.2, 0) is 11.3 Å². The second-order valence-corrected chi connectivity index (χ2v) is 5.64. The predicted octanol–water partition coefficient (Wildman–Crippen LogP) is 2.48. The van der Waals surface area contributed by atoms with Gasteiger partial charge in [-0.25, -0.2) is 0 Å². The van der Waals surface area contributed by atoms with Crippen molar-refractivity contribution in [2.75, 3.05) is 0 Å². The second kappa shape index (κ2) is 6.79. The summed E-state index contributed by atoms with van der Waals surface area (Å²) in [5.41, 5.74) is 0.605. The number of rotatable bonds is 1. The van der Waals surface area contributed by atoms with E-state index in [0.717, 1.165) is 23.2 Å². The highest BCUT2D eigenvalue weighted by Crippen LogP contribution is 2.19. The molecule has 0 fully saturated rings. The van der Waals surface area contributed by atoms with Crippen LogP contribution in [0, 0.1) is 6.92 Å². The number of fused-ring (bicyclic) bond motifs is 1. The van der Waals surface area contributed by atoms with Crippen LogP contribution < -0.4 is 16.0 Å². The summed E-state index contributed by atoms with van der Waals surface area (Å²) >= 11 is 0. The summed E-state index contributed by atoms with van der Waals surface area (Å²) in [7, 11) is 0. The van der Waals surface area contributed by atoms with Crippen molar-refractivity contribution in [2.24, 2.45) is 0 Å². The van der Waals surface area contributed by atoms with Gasteiger partial charge >= 0.3 is 0 Å². The van der Waals surface area contributed by atoms with Crippen molar-refractivity contribution in [1.82, 2.24) is 4.57 Å². The van der Waals surface area contributed by atoms with E-state index in [1.54, 1.807) is 0 Å². The monoisotopic (exact) mass is 289 g/mol. The zero-order valence-corrected chi connectivity index (χ0v) is 14.3. The van der Waals surface area contributed by atoms with Gasteiger partial charge in [-0.1, -0.05) is 26.0 Å². The SMILES string of the molecule is C/C=C\C=c1\c(=O)c(C)cn2c1=C(C)OC(C)(C)C2.CC. The average molecular weight is 289 g/mol. The van der Waals surface area contributed by atoms with E-state index >= 15 is 0 Å². The van der Waals surface area contributed by atoms with Crippen LogP contribution in [0.25, 0.3) is 11.8 Å². The lowest BCUT2D eigenvalue weighted by Crippen LogP contribution is -2.53. The Morgan fingerprint density at radius 2 is 1.90 bits per heavy atom. The van der Waals surface area contributed by atoms with Gasteiger partial charge in [0, 0.05) is 17.0 Å². The molecule has 0 unspecified atom stereocenters. The minimum absolute atomic E-state index is 0.0759. The molecule has 1 aromatic rings. The van der Waals surface area contributed by atoms with E-state index in [-0.39, 0.29) is 11.0 Å². The number of hydrogen-bond acceptors (Lipinski definition) is 2. The highest BCUT2D eigenvalue weighted by molar-refractivity contribution is 5.42. The highest BCUT2D eigenvalue weighted by Gasteiger charge is 2.26. The molecule has 0 amide bonds. The minimum atomic E-state index is -0.240. The number of aromatic nitrogens is 1. The minimum Gasteiger partial charge on any atom is -0.488 e. The van der Waals surface area contributed by atoms with Crippen molar-refractivity contribution in [2.45, 2.75) is 60.6 Å². The second-order valence-electron chi connectivity index (χ2n) is 5.64. The van der Waals surface area contributed by atoms with Gasteiger partial charge in [0.05, 0.1) is 11.9 Å². The Morgan fingerprint density at radius 1 is 1.29 bits per heavy atom. The Morgan fingerprint density at radius 3 is 2.48 bits per heavy atom. The number of ether oxygens (including phenoxy) is 1. The number of pyridine rings is 1. The molecule has 116 valence electrons. The van der Waals surface area contributed by atoms with E-state index in [1.807, 2.05) is 59.0 Å². The van der Waals surface area contributed by atoms with Gasteiger partial charge < -0.3 is 9.30 Å². The quantitative estimate of drug-likeness (QED) is 0.795. The van der Waals surface area contributed by atoms with Gasteiger partial charge in [0.1, 0.15) is 11.4 Å². The van der Waals surface area contributed by atoms with Gasteiger partial charge in [0.2, 0.25) is 0 Å². The van der Waals surface area contributed by atoms with Crippen molar-refractivity contribution in [3.8, 4) is 0 Å². The molecule has 21 heavy (non-hydrogen) atoms. The molecule has 0 bridgehead atoms. The van der Waals surface area contributed by atoms with E-state index < -0.39 is 0 Å². The van der Waals surface area contributed by atoms with Crippen LogP contribution in [0.2, 0.25) is 0 Å². The lowest BCUT2D eigenvalue weighted by atomic mass is 10.1. The molecule has 0 aliphatic carbocycles. The molecule has 2 heterocycles. The zero-order chi connectivity index (χ0) is 16.2. The van der Waals surface area contributed by atoms with Crippen LogP contribution in [0.15, 0.2) is 23.1 Å². The van der Waals surface area contributed by atoms with Gasteiger partial charge in [0.15, 0.2) is 5.43 Å². The number of aryl methyl sites for hydroxylation is 1. The molecule has 2 rings (SSSR count). The van der Waals surface area contributed by atoms with E-state index in [4.69, 9.17) is 4.74 Å². The van der Waals surface area contributed by atoms with E-state index in [2.05, 4.69) is 18.4 Å². The summed E-state index contributed by atoms with van der Waals surface area (Å²) in [5.74, 6) is 0.809. The lowest BCUT2D eigenvalue weighted by Gasteiger charge is -2.33.